The third-order valence-corrected chi connectivity index (χ3v) is 4.35. The SMILES string of the molecule is COc1ccc2cc3c(nc2c1)OCCN(Cc1ccccc1)C3. The molecule has 2 heterocycles. The Morgan fingerprint density at radius 3 is 2.83 bits per heavy atom. The van der Waals surface area contributed by atoms with E-state index >= 15 is 0 Å². The van der Waals surface area contributed by atoms with Crippen molar-refractivity contribution in [1.82, 2.24) is 9.88 Å². The Morgan fingerprint density at radius 1 is 1.12 bits per heavy atom. The van der Waals surface area contributed by atoms with Crippen molar-refractivity contribution in [3.63, 3.8) is 0 Å². The predicted molar refractivity (Wildman–Crippen MR) is 94.3 cm³/mol. The largest absolute Gasteiger partial charge is 0.497 e. The molecule has 4 nitrogen and oxygen atoms in total. The van der Waals surface area contributed by atoms with E-state index in [9.17, 15) is 0 Å². The number of nitrogens with zero attached hydrogens (tertiary/aromatic N) is 2. The van der Waals surface area contributed by atoms with E-state index < -0.39 is 0 Å². The number of hydrogen-bond donors (Lipinski definition) is 0. The van der Waals surface area contributed by atoms with Crippen molar-refractivity contribution in [3.05, 3.63) is 65.7 Å². The zero-order valence-electron chi connectivity index (χ0n) is 13.7. The highest BCUT2D eigenvalue weighted by atomic mass is 16.5. The maximum absolute atomic E-state index is 5.90. The summed E-state index contributed by atoms with van der Waals surface area (Å²) in [6, 6.07) is 18.7. The lowest BCUT2D eigenvalue weighted by Gasteiger charge is -2.19. The Kier molecular flexibility index (Phi) is 4.05. The fraction of sp³-hybridized carbons (Fsp3) is 0.250. The lowest BCUT2D eigenvalue weighted by Crippen LogP contribution is -2.25. The second kappa shape index (κ2) is 6.49. The quantitative estimate of drug-likeness (QED) is 0.738. The summed E-state index contributed by atoms with van der Waals surface area (Å²) in [6.07, 6.45) is 0. The van der Waals surface area contributed by atoms with Crippen LogP contribution in [0.4, 0.5) is 0 Å². The van der Waals surface area contributed by atoms with E-state index in [1.165, 1.54) is 5.56 Å². The molecule has 1 aromatic heterocycles. The monoisotopic (exact) mass is 320 g/mol. The third-order valence-electron chi connectivity index (χ3n) is 4.35. The smallest absolute Gasteiger partial charge is 0.218 e. The number of fused-ring (bicyclic) bond motifs is 2. The van der Waals surface area contributed by atoms with Gasteiger partial charge in [-0.2, -0.15) is 0 Å². The zero-order chi connectivity index (χ0) is 16.4. The summed E-state index contributed by atoms with van der Waals surface area (Å²) in [5.74, 6) is 1.56. The van der Waals surface area contributed by atoms with Crippen LogP contribution in [0.1, 0.15) is 11.1 Å². The molecule has 1 aliphatic heterocycles. The first kappa shape index (κ1) is 15.0. The maximum atomic E-state index is 5.90. The van der Waals surface area contributed by atoms with E-state index in [2.05, 4.69) is 41.3 Å². The zero-order valence-corrected chi connectivity index (χ0v) is 13.7. The number of hydrogen-bond acceptors (Lipinski definition) is 4. The number of pyridine rings is 1. The summed E-state index contributed by atoms with van der Waals surface area (Å²) in [6.45, 7) is 3.32. The molecule has 0 saturated heterocycles. The Morgan fingerprint density at radius 2 is 2.00 bits per heavy atom. The van der Waals surface area contributed by atoms with Gasteiger partial charge in [0.2, 0.25) is 5.88 Å². The van der Waals surface area contributed by atoms with Crippen molar-refractivity contribution in [2.24, 2.45) is 0 Å². The Balaban J connectivity index is 1.63. The van der Waals surface area contributed by atoms with Gasteiger partial charge in [0.25, 0.3) is 0 Å². The topological polar surface area (TPSA) is 34.6 Å². The molecule has 0 radical (unpaired) electrons. The van der Waals surface area contributed by atoms with Gasteiger partial charge in [-0.3, -0.25) is 4.90 Å². The van der Waals surface area contributed by atoms with Gasteiger partial charge in [-0.1, -0.05) is 30.3 Å². The summed E-state index contributed by atoms with van der Waals surface area (Å²) < 4.78 is 11.2. The van der Waals surface area contributed by atoms with Crippen molar-refractivity contribution < 1.29 is 9.47 Å². The van der Waals surface area contributed by atoms with Crippen LogP contribution in [0.15, 0.2) is 54.6 Å². The number of benzene rings is 2. The first-order valence-corrected chi connectivity index (χ1v) is 8.18. The van der Waals surface area contributed by atoms with Gasteiger partial charge in [0.05, 0.1) is 12.6 Å². The van der Waals surface area contributed by atoms with Gasteiger partial charge in [0.15, 0.2) is 0 Å². The Hall–Kier alpha value is -2.59. The second-order valence-corrected chi connectivity index (χ2v) is 6.06. The van der Waals surface area contributed by atoms with Crippen molar-refractivity contribution >= 4 is 10.9 Å². The van der Waals surface area contributed by atoms with Gasteiger partial charge < -0.3 is 9.47 Å². The first-order chi connectivity index (χ1) is 11.8. The summed E-state index contributed by atoms with van der Waals surface area (Å²) in [4.78, 5) is 7.10. The molecule has 0 N–H and O–H groups in total. The summed E-state index contributed by atoms with van der Waals surface area (Å²) >= 11 is 0. The molecule has 24 heavy (non-hydrogen) atoms. The molecule has 0 saturated carbocycles. The van der Waals surface area contributed by atoms with Gasteiger partial charge in [-0.25, -0.2) is 4.98 Å². The van der Waals surface area contributed by atoms with Crippen LogP contribution in [0.5, 0.6) is 11.6 Å². The number of methoxy groups -OCH3 is 1. The minimum absolute atomic E-state index is 0.655. The van der Waals surface area contributed by atoms with Crippen LogP contribution in [-0.2, 0) is 13.1 Å². The molecule has 4 rings (SSSR count). The van der Waals surface area contributed by atoms with Crippen molar-refractivity contribution in [1.29, 1.82) is 0 Å². The molecule has 122 valence electrons. The van der Waals surface area contributed by atoms with E-state index in [-0.39, 0.29) is 0 Å². The molecule has 3 aromatic rings. The first-order valence-electron chi connectivity index (χ1n) is 8.18. The normalized spacial score (nSPS) is 14.7. The second-order valence-electron chi connectivity index (χ2n) is 6.06. The molecule has 1 aliphatic rings. The van der Waals surface area contributed by atoms with Crippen molar-refractivity contribution in [2.45, 2.75) is 13.1 Å². The van der Waals surface area contributed by atoms with Gasteiger partial charge in [0, 0.05) is 36.7 Å². The highest BCUT2D eigenvalue weighted by Gasteiger charge is 2.17. The average molecular weight is 320 g/mol. The van der Waals surface area contributed by atoms with Gasteiger partial charge >= 0.3 is 0 Å². The molecular weight excluding hydrogens is 300 g/mol. The Labute approximate surface area is 141 Å². The van der Waals surface area contributed by atoms with Gasteiger partial charge in [-0.05, 0) is 23.8 Å². The molecular formula is C20H20N2O2. The molecule has 2 aromatic carbocycles. The molecule has 4 heteroatoms. The minimum atomic E-state index is 0.655. The van der Waals surface area contributed by atoms with E-state index in [0.29, 0.717) is 6.61 Å². The van der Waals surface area contributed by atoms with E-state index in [4.69, 9.17) is 14.5 Å². The molecule has 0 atom stereocenters. The van der Waals surface area contributed by atoms with E-state index in [0.717, 1.165) is 47.7 Å². The van der Waals surface area contributed by atoms with Gasteiger partial charge in [0.1, 0.15) is 12.4 Å². The van der Waals surface area contributed by atoms with Crippen LogP contribution in [0, 0.1) is 0 Å². The predicted octanol–water partition coefficient (Wildman–Crippen LogP) is 3.64. The van der Waals surface area contributed by atoms with Crippen molar-refractivity contribution in [2.75, 3.05) is 20.3 Å². The van der Waals surface area contributed by atoms with Crippen LogP contribution in [0.25, 0.3) is 10.9 Å². The van der Waals surface area contributed by atoms with Crippen molar-refractivity contribution in [3.8, 4) is 11.6 Å². The van der Waals surface area contributed by atoms with E-state index in [1.54, 1.807) is 7.11 Å². The fourth-order valence-corrected chi connectivity index (χ4v) is 3.11. The Bertz CT molecular complexity index is 849. The molecule has 0 spiro atoms. The fourth-order valence-electron chi connectivity index (χ4n) is 3.11. The molecule has 0 fully saturated rings. The van der Waals surface area contributed by atoms with Crippen LogP contribution in [0.2, 0.25) is 0 Å². The highest BCUT2D eigenvalue weighted by Crippen LogP contribution is 2.28. The number of aromatic nitrogens is 1. The number of ether oxygens (including phenoxy) is 2. The standard InChI is InChI=1S/C20H20N2O2/c1-23-18-8-7-16-11-17-14-22(13-15-5-3-2-4-6-15)9-10-24-20(17)21-19(16)12-18/h2-8,11-12H,9-10,13-14H2,1H3. The summed E-state index contributed by atoms with van der Waals surface area (Å²) in [5.41, 5.74) is 3.37. The molecule has 0 bridgehead atoms. The molecule has 0 aliphatic carbocycles. The lowest BCUT2D eigenvalue weighted by atomic mass is 10.1. The maximum Gasteiger partial charge on any atom is 0.218 e. The van der Waals surface area contributed by atoms with Crippen LogP contribution in [-0.4, -0.2) is 30.1 Å². The average Bonchev–Trinajstić information content (AvgIpc) is 2.81. The number of rotatable bonds is 3. The summed E-state index contributed by atoms with van der Waals surface area (Å²) in [7, 11) is 1.67. The summed E-state index contributed by atoms with van der Waals surface area (Å²) in [5, 5.41) is 1.11. The van der Waals surface area contributed by atoms with E-state index in [1.807, 2.05) is 18.2 Å². The highest BCUT2D eigenvalue weighted by molar-refractivity contribution is 5.81. The molecule has 0 amide bonds. The molecule has 0 unspecified atom stereocenters. The minimum Gasteiger partial charge on any atom is -0.497 e. The van der Waals surface area contributed by atoms with Crippen LogP contribution >= 0.6 is 0 Å². The van der Waals surface area contributed by atoms with Crippen LogP contribution < -0.4 is 9.47 Å². The lowest BCUT2D eigenvalue weighted by molar-refractivity contribution is 0.217. The third kappa shape index (κ3) is 3.05. The van der Waals surface area contributed by atoms with Crippen LogP contribution in [0.3, 0.4) is 0 Å². The van der Waals surface area contributed by atoms with Gasteiger partial charge in [-0.15, -0.1) is 0 Å².